The molecule has 1 heterocycles. The van der Waals surface area contributed by atoms with Gasteiger partial charge in [0.2, 0.25) is 11.8 Å². The van der Waals surface area contributed by atoms with Gasteiger partial charge in [-0.15, -0.1) is 11.8 Å². The Bertz CT molecular complexity index is 531. The Labute approximate surface area is 136 Å². The van der Waals surface area contributed by atoms with Gasteiger partial charge in [0.05, 0.1) is 5.88 Å². The lowest BCUT2D eigenvalue weighted by atomic mass is 10.2. The van der Waals surface area contributed by atoms with Gasteiger partial charge in [-0.05, 0) is 17.7 Å². The van der Waals surface area contributed by atoms with E-state index in [0.717, 1.165) is 11.3 Å². The predicted octanol–water partition coefficient (Wildman–Crippen LogP) is 1.68. The highest BCUT2D eigenvalue weighted by Crippen LogP contribution is 2.22. The number of nitrogens with one attached hydrogen (secondary N) is 1. The summed E-state index contributed by atoms with van der Waals surface area (Å²) in [5.41, 5.74) is 2.18. The summed E-state index contributed by atoms with van der Waals surface area (Å²) in [6.07, 6.45) is 0.441. The number of nitrogens with zero attached hydrogens (tertiary/aromatic N) is 2. The number of anilines is 1. The first-order chi connectivity index (χ1) is 10.5. The first kappa shape index (κ1) is 16.7. The summed E-state index contributed by atoms with van der Waals surface area (Å²) in [4.78, 5) is 27.8. The van der Waals surface area contributed by atoms with Gasteiger partial charge < -0.3 is 15.1 Å². The average molecular weight is 321 g/mol. The van der Waals surface area contributed by atoms with E-state index in [1.807, 2.05) is 50.2 Å². The third-order valence-electron chi connectivity index (χ3n) is 3.73. The maximum atomic E-state index is 12.3. The van der Waals surface area contributed by atoms with E-state index in [-0.39, 0.29) is 17.9 Å². The molecule has 1 aromatic rings. The molecule has 22 heavy (non-hydrogen) atoms. The molecule has 6 heteroatoms. The highest BCUT2D eigenvalue weighted by atomic mass is 32.2. The quantitative estimate of drug-likeness (QED) is 0.896. The van der Waals surface area contributed by atoms with Crippen LogP contribution in [0.15, 0.2) is 24.3 Å². The minimum Gasteiger partial charge on any atom is -0.378 e. The lowest BCUT2D eigenvalue weighted by Crippen LogP contribution is -2.46. The zero-order chi connectivity index (χ0) is 16.1. The summed E-state index contributed by atoms with van der Waals surface area (Å²) < 4.78 is 0. The van der Waals surface area contributed by atoms with Crippen molar-refractivity contribution in [3.63, 3.8) is 0 Å². The van der Waals surface area contributed by atoms with Crippen molar-refractivity contribution in [2.45, 2.75) is 25.9 Å². The molecule has 0 spiro atoms. The van der Waals surface area contributed by atoms with E-state index in [4.69, 9.17) is 0 Å². The lowest BCUT2D eigenvalue weighted by molar-refractivity contribution is -0.137. The molecule has 1 aromatic carbocycles. The number of thioether (sulfide) groups is 1. The van der Waals surface area contributed by atoms with Crippen LogP contribution in [0.4, 0.5) is 5.69 Å². The summed E-state index contributed by atoms with van der Waals surface area (Å²) in [6, 6.07) is 7.74. The van der Waals surface area contributed by atoms with E-state index in [9.17, 15) is 9.59 Å². The number of amides is 2. The molecule has 0 saturated carbocycles. The van der Waals surface area contributed by atoms with Crippen molar-refractivity contribution in [2.75, 3.05) is 30.6 Å². The van der Waals surface area contributed by atoms with Crippen LogP contribution >= 0.6 is 11.8 Å². The molecule has 1 aliphatic heterocycles. The molecule has 1 aliphatic rings. The van der Waals surface area contributed by atoms with Gasteiger partial charge in [-0.3, -0.25) is 9.59 Å². The molecule has 0 bridgehead atoms. The molecule has 1 N–H and O–H groups in total. The summed E-state index contributed by atoms with van der Waals surface area (Å²) in [5, 5.41) is 2.94. The molecule has 2 amide bonds. The number of rotatable bonds is 5. The number of carbonyl (C=O) groups excluding carboxylic acids is 2. The third-order valence-corrected chi connectivity index (χ3v) is 4.74. The SMILES string of the molecule is CCC(=O)N1CSCC1C(=O)NCc1ccc(N(C)C)cc1. The largest absolute Gasteiger partial charge is 0.378 e. The van der Waals surface area contributed by atoms with Crippen LogP contribution in [-0.2, 0) is 16.1 Å². The molecular formula is C16H23N3O2S. The Kier molecular flexibility index (Phi) is 5.71. The summed E-state index contributed by atoms with van der Waals surface area (Å²) in [7, 11) is 3.99. The Balaban J connectivity index is 1.90. The third kappa shape index (κ3) is 3.94. The second-order valence-corrected chi connectivity index (χ2v) is 6.51. The zero-order valence-electron chi connectivity index (χ0n) is 13.3. The number of benzene rings is 1. The van der Waals surface area contributed by atoms with Gasteiger partial charge in [0.15, 0.2) is 0 Å². The topological polar surface area (TPSA) is 52.7 Å². The normalized spacial score (nSPS) is 17.4. The van der Waals surface area contributed by atoms with Crippen molar-refractivity contribution in [1.82, 2.24) is 10.2 Å². The fourth-order valence-corrected chi connectivity index (χ4v) is 3.51. The van der Waals surface area contributed by atoms with Gasteiger partial charge in [-0.25, -0.2) is 0 Å². The van der Waals surface area contributed by atoms with Crippen LogP contribution in [0.3, 0.4) is 0 Å². The summed E-state index contributed by atoms with van der Waals surface area (Å²) in [6.45, 7) is 2.31. The maximum absolute atomic E-state index is 12.3. The first-order valence-electron chi connectivity index (χ1n) is 7.44. The molecule has 1 saturated heterocycles. The monoisotopic (exact) mass is 321 g/mol. The fraction of sp³-hybridized carbons (Fsp3) is 0.500. The van der Waals surface area contributed by atoms with E-state index < -0.39 is 0 Å². The van der Waals surface area contributed by atoms with Gasteiger partial charge >= 0.3 is 0 Å². The van der Waals surface area contributed by atoms with Crippen molar-refractivity contribution >= 4 is 29.3 Å². The maximum Gasteiger partial charge on any atom is 0.243 e. The van der Waals surface area contributed by atoms with Gasteiger partial charge in [0, 0.05) is 38.5 Å². The Morgan fingerprint density at radius 3 is 2.59 bits per heavy atom. The molecule has 0 aromatic heterocycles. The van der Waals surface area contributed by atoms with Gasteiger partial charge in [0.25, 0.3) is 0 Å². The molecule has 0 radical (unpaired) electrons. The molecule has 120 valence electrons. The van der Waals surface area contributed by atoms with Crippen LogP contribution in [0, 0.1) is 0 Å². The minimum absolute atomic E-state index is 0.0421. The number of hydrogen-bond donors (Lipinski definition) is 1. The fourth-order valence-electron chi connectivity index (χ4n) is 2.33. The highest BCUT2D eigenvalue weighted by molar-refractivity contribution is 7.99. The summed E-state index contributed by atoms with van der Waals surface area (Å²) >= 11 is 1.63. The van der Waals surface area contributed by atoms with Gasteiger partial charge in [0.1, 0.15) is 6.04 Å². The smallest absolute Gasteiger partial charge is 0.243 e. The first-order valence-corrected chi connectivity index (χ1v) is 8.59. The Morgan fingerprint density at radius 1 is 1.32 bits per heavy atom. The molecule has 2 rings (SSSR count). The zero-order valence-corrected chi connectivity index (χ0v) is 14.2. The van der Waals surface area contributed by atoms with Crippen molar-refractivity contribution in [3.05, 3.63) is 29.8 Å². The van der Waals surface area contributed by atoms with Gasteiger partial charge in [-0.1, -0.05) is 19.1 Å². The number of carbonyl (C=O) groups is 2. The molecule has 1 atom stereocenters. The second-order valence-electron chi connectivity index (χ2n) is 5.51. The van der Waals surface area contributed by atoms with E-state index in [0.29, 0.717) is 24.6 Å². The molecule has 1 fully saturated rings. The average Bonchev–Trinajstić information content (AvgIpc) is 3.01. The Hall–Kier alpha value is -1.69. The van der Waals surface area contributed by atoms with E-state index in [1.54, 1.807) is 16.7 Å². The van der Waals surface area contributed by atoms with Crippen LogP contribution in [-0.4, -0.2) is 48.5 Å². The van der Waals surface area contributed by atoms with Gasteiger partial charge in [-0.2, -0.15) is 0 Å². The van der Waals surface area contributed by atoms with Crippen LogP contribution in [0.1, 0.15) is 18.9 Å². The minimum atomic E-state index is -0.335. The summed E-state index contributed by atoms with van der Waals surface area (Å²) in [5.74, 6) is 1.27. The molecule has 1 unspecified atom stereocenters. The van der Waals surface area contributed by atoms with Crippen molar-refractivity contribution in [1.29, 1.82) is 0 Å². The van der Waals surface area contributed by atoms with E-state index in [2.05, 4.69) is 5.32 Å². The predicted molar refractivity (Wildman–Crippen MR) is 90.9 cm³/mol. The molecular weight excluding hydrogens is 298 g/mol. The number of hydrogen-bond acceptors (Lipinski definition) is 4. The van der Waals surface area contributed by atoms with Crippen LogP contribution < -0.4 is 10.2 Å². The van der Waals surface area contributed by atoms with Crippen molar-refractivity contribution < 1.29 is 9.59 Å². The molecule has 5 nitrogen and oxygen atoms in total. The lowest BCUT2D eigenvalue weighted by Gasteiger charge is -2.22. The molecule has 0 aliphatic carbocycles. The van der Waals surface area contributed by atoms with Crippen molar-refractivity contribution in [2.24, 2.45) is 0 Å². The van der Waals surface area contributed by atoms with Crippen LogP contribution in [0.25, 0.3) is 0 Å². The van der Waals surface area contributed by atoms with Crippen LogP contribution in [0.5, 0.6) is 0 Å². The Morgan fingerprint density at radius 2 is 2.00 bits per heavy atom. The highest BCUT2D eigenvalue weighted by Gasteiger charge is 2.33. The van der Waals surface area contributed by atoms with E-state index in [1.165, 1.54) is 0 Å². The van der Waals surface area contributed by atoms with Crippen molar-refractivity contribution in [3.8, 4) is 0 Å². The standard InChI is InChI=1S/C16H23N3O2S/c1-4-15(20)19-11-22-10-14(19)16(21)17-9-12-5-7-13(8-6-12)18(2)3/h5-8,14H,4,9-11H2,1-3H3,(H,17,21). The van der Waals surface area contributed by atoms with Crippen LogP contribution in [0.2, 0.25) is 0 Å². The van der Waals surface area contributed by atoms with E-state index >= 15 is 0 Å². The second kappa shape index (κ2) is 7.54.